The van der Waals surface area contributed by atoms with Crippen molar-refractivity contribution in [1.29, 1.82) is 0 Å². The molecule has 162 valence electrons. The summed E-state index contributed by atoms with van der Waals surface area (Å²) >= 11 is 6.63. The Bertz CT molecular complexity index is 1500. The van der Waals surface area contributed by atoms with Crippen molar-refractivity contribution in [3.05, 3.63) is 92.6 Å². The minimum absolute atomic E-state index is 0.0292. The molecular formula is C21H11ClNO7S2-. The molecule has 11 heteroatoms. The third kappa shape index (κ3) is 4.03. The van der Waals surface area contributed by atoms with E-state index in [4.69, 9.17) is 16.0 Å². The number of benzene rings is 3. The maximum absolute atomic E-state index is 13.5. The second-order valence-corrected chi connectivity index (χ2v) is 9.68. The lowest BCUT2D eigenvalue weighted by molar-refractivity contribution is -0.255. The third-order valence-electron chi connectivity index (χ3n) is 4.45. The van der Waals surface area contributed by atoms with Crippen LogP contribution in [0.2, 0.25) is 5.02 Å². The molecule has 0 aliphatic rings. The normalized spacial score (nSPS) is 11.4. The molecule has 0 unspecified atom stereocenters. The molecule has 0 spiro atoms. The van der Waals surface area contributed by atoms with E-state index in [1.807, 2.05) is 0 Å². The van der Waals surface area contributed by atoms with Gasteiger partial charge in [-0.15, -0.1) is 0 Å². The number of halogens is 1. The summed E-state index contributed by atoms with van der Waals surface area (Å²) in [6.07, 6.45) is 0. The van der Waals surface area contributed by atoms with Gasteiger partial charge in [0.15, 0.2) is 0 Å². The van der Waals surface area contributed by atoms with Gasteiger partial charge in [0.1, 0.15) is 5.58 Å². The van der Waals surface area contributed by atoms with Crippen molar-refractivity contribution >= 4 is 60.8 Å². The van der Waals surface area contributed by atoms with E-state index in [0.717, 1.165) is 35.6 Å². The summed E-state index contributed by atoms with van der Waals surface area (Å²) in [5, 5.41) is 11.4. The number of carbonyl (C=O) groups is 2. The van der Waals surface area contributed by atoms with Gasteiger partial charge in [0.05, 0.1) is 21.3 Å². The van der Waals surface area contributed by atoms with Crippen LogP contribution < -0.4 is 14.4 Å². The van der Waals surface area contributed by atoms with Gasteiger partial charge in [0.2, 0.25) is 0 Å². The minimum Gasteiger partial charge on any atom is -0.545 e. The molecule has 32 heavy (non-hydrogen) atoms. The number of carbonyl (C=O) groups excluding carboxylic acids is 2. The zero-order chi connectivity index (χ0) is 23.0. The first-order valence-corrected chi connectivity index (χ1v) is 11.5. The molecule has 1 amide bonds. The maximum Gasteiger partial charge on any atom is 0.396 e. The molecule has 8 nitrogen and oxygen atoms in total. The molecular weight excluding hydrogens is 478 g/mol. The topological polar surface area (TPSA) is 125 Å². The molecule has 4 aromatic rings. The van der Waals surface area contributed by atoms with Crippen molar-refractivity contribution in [1.82, 2.24) is 0 Å². The third-order valence-corrected chi connectivity index (χ3v) is 7.22. The Kier molecular flexibility index (Phi) is 5.59. The first-order valence-electron chi connectivity index (χ1n) is 8.87. The molecule has 0 saturated heterocycles. The van der Waals surface area contributed by atoms with Crippen LogP contribution in [-0.2, 0) is 10.0 Å². The Morgan fingerprint density at radius 2 is 1.56 bits per heavy atom. The second-order valence-electron chi connectivity index (χ2n) is 6.48. The van der Waals surface area contributed by atoms with Gasteiger partial charge in [-0.2, -0.15) is 4.31 Å². The highest BCUT2D eigenvalue weighted by Gasteiger charge is 2.32. The van der Waals surface area contributed by atoms with E-state index >= 15 is 0 Å². The van der Waals surface area contributed by atoms with Crippen molar-refractivity contribution in [2.75, 3.05) is 4.31 Å². The van der Waals surface area contributed by atoms with Crippen molar-refractivity contribution < 1.29 is 27.5 Å². The molecule has 0 saturated carbocycles. The summed E-state index contributed by atoms with van der Waals surface area (Å²) in [4.78, 5) is 35.0. The highest BCUT2D eigenvalue weighted by Crippen LogP contribution is 2.30. The first kappa shape index (κ1) is 21.8. The van der Waals surface area contributed by atoms with Crippen LogP contribution in [0.1, 0.15) is 20.7 Å². The minimum atomic E-state index is -4.48. The molecule has 0 fully saturated rings. The van der Waals surface area contributed by atoms with E-state index in [1.165, 1.54) is 42.5 Å². The fourth-order valence-corrected chi connectivity index (χ4v) is 5.16. The molecule has 0 N–H and O–H groups in total. The zero-order valence-corrected chi connectivity index (χ0v) is 18.2. The number of carboxylic acids is 1. The van der Waals surface area contributed by atoms with Crippen molar-refractivity contribution in [2.24, 2.45) is 0 Å². The number of sulfonamides is 1. The van der Waals surface area contributed by atoms with Crippen LogP contribution in [0.5, 0.6) is 0 Å². The fraction of sp³-hybridized carbons (Fsp3) is 0. The number of aromatic carboxylic acids is 1. The molecule has 3 aromatic carbocycles. The summed E-state index contributed by atoms with van der Waals surface area (Å²) in [6, 6.07) is 14.0. The van der Waals surface area contributed by atoms with E-state index in [-0.39, 0.29) is 27.3 Å². The van der Waals surface area contributed by atoms with Crippen molar-refractivity contribution in [3.63, 3.8) is 0 Å². The summed E-state index contributed by atoms with van der Waals surface area (Å²) in [7, 11) is -4.48. The van der Waals surface area contributed by atoms with Crippen LogP contribution in [0.15, 0.2) is 80.8 Å². The summed E-state index contributed by atoms with van der Waals surface area (Å²) in [6.45, 7) is 0. The SMILES string of the molecule is O=C([O-])c1ccc(S(=O)(=O)N(C(=O)c2ccc(Cl)cc2)c2ccc3oc(=O)sc3c2)cc1. The van der Waals surface area contributed by atoms with Gasteiger partial charge in [0, 0.05) is 10.6 Å². The Labute approximate surface area is 190 Å². The number of hydrogen-bond acceptors (Lipinski definition) is 8. The lowest BCUT2D eigenvalue weighted by Gasteiger charge is -2.23. The first-order chi connectivity index (χ1) is 15.2. The van der Waals surface area contributed by atoms with Gasteiger partial charge in [-0.25, -0.2) is 13.2 Å². The molecule has 1 heterocycles. The summed E-state index contributed by atoms with van der Waals surface area (Å²) in [5.41, 5.74) is 0.0470. The van der Waals surface area contributed by atoms with Crippen LogP contribution in [0.3, 0.4) is 0 Å². The van der Waals surface area contributed by atoms with Gasteiger partial charge >= 0.3 is 4.94 Å². The highest BCUT2D eigenvalue weighted by atomic mass is 35.5. The summed E-state index contributed by atoms with van der Waals surface area (Å²) in [5.74, 6) is -2.34. The van der Waals surface area contributed by atoms with Crippen LogP contribution in [-0.4, -0.2) is 20.3 Å². The van der Waals surface area contributed by atoms with E-state index in [1.54, 1.807) is 0 Å². The van der Waals surface area contributed by atoms with Gasteiger partial charge in [-0.3, -0.25) is 4.79 Å². The Hall–Kier alpha value is -3.47. The lowest BCUT2D eigenvalue weighted by atomic mass is 10.2. The highest BCUT2D eigenvalue weighted by molar-refractivity contribution is 7.93. The number of carboxylic acid groups (broad SMARTS) is 1. The largest absolute Gasteiger partial charge is 0.545 e. The van der Waals surface area contributed by atoms with Crippen LogP contribution >= 0.6 is 22.9 Å². The summed E-state index contributed by atoms with van der Waals surface area (Å²) < 4.78 is 32.9. The van der Waals surface area contributed by atoms with Crippen molar-refractivity contribution in [3.8, 4) is 0 Å². The number of anilines is 1. The second kappa shape index (κ2) is 8.23. The molecule has 1 aromatic heterocycles. The molecule has 0 bridgehead atoms. The number of hydrogen-bond donors (Lipinski definition) is 0. The van der Waals surface area contributed by atoms with E-state index < -0.39 is 26.8 Å². The number of rotatable bonds is 5. The average molecular weight is 489 g/mol. The predicted octanol–water partition coefficient (Wildman–Crippen LogP) is 2.91. The standard InChI is InChI=1S/C21H12ClNO7S2/c22-14-5-1-12(2-6-14)19(24)23(15-7-10-17-18(11-15)31-21(27)30-17)32(28,29)16-8-3-13(4-9-16)20(25)26/h1-11H,(H,25,26)/p-1. The van der Waals surface area contributed by atoms with E-state index in [2.05, 4.69) is 0 Å². The Morgan fingerprint density at radius 3 is 2.19 bits per heavy atom. The van der Waals surface area contributed by atoms with E-state index in [0.29, 0.717) is 14.0 Å². The number of amides is 1. The fourth-order valence-electron chi connectivity index (χ4n) is 2.93. The Morgan fingerprint density at radius 1 is 0.938 bits per heavy atom. The Balaban J connectivity index is 1.89. The quantitative estimate of drug-likeness (QED) is 0.423. The van der Waals surface area contributed by atoms with E-state index in [9.17, 15) is 27.9 Å². The number of nitrogens with zero attached hydrogens (tertiary/aromatic N) is 1. The van der Waals surface area contributed by atoms with Crippen LogP contribution in [0.25, 0.3) is 10.3 Å². The van der Waals surface area contributed by atoms with Crippen LogP contribution in [0.4, 0.5) is 5.69 Å². The lowest BCUT2D eigenvalue weighted by Crippen LogP contribution is -2.37. The maximum atomic E-state index is 13.5. The van der Waals surface area contributed by atoms with Gasteiger partial charge in [-0.05, 0) is 60.2 Å². The molecule has 0 radical (unpaired) electrons. The monoisotopic (exact) mass is 488 g/mol. The molecule has 0 atom stereocenters. The van der Waals surface area contributed by atoms with Crippen molar-refractivity contribution in [2.45, 2.75) is 4.90 Å². The smallest absolute Gasteiger partial charge is 0.396 e. The molecule has 4 rings (SSSR count). The zero-order valence-electron chi connectivity index (χ0n) is 15.9. The van der Waals surface area contributed by atoms with Gasteiger partial charge in [0.25, 0.3) is 15.9 Å². The molecule has 0 aliphatic heterocycles. The van der Waals surface area contributed by atoms with Gasteiger partial charge < -0.3 is 14.3 Å². The number of fused-ring (bicyclic) bond motifs is 1. The van der Waals surface area contributed by atoms with Gasteiger partial charge in [-0.1, -0.05) is 35.1 Å². The molecule has 0 aliphatic carbocycles. The average Bonchev–Trinajstić information content (AvgIpc) is 3.13. The predicted molar refractivity (Wildman–Crippen MR) is 117 cm³/mol. The van der Waals surface area contributed by atoms with Crippen LogP contribution in [0, 0.1) is 0 Å².